The van der Waals surface area contributed by atoms with Gasteiger partial charge in [-0.1, -0.05) is 97.6 Å². The van der Waals surface area contributed by atoms with Gasteiger partial charge in [0, 0.05) is 0 Å². The first-order chi connectivity index (χ1) is 24.1. The van der Waals surface area contributed by atoms with Crippen LogP contribution in [0.4, 0.5) is 0 Å². The van der Waals surface area contributed by atoms with Gasteiger partial charge in [0.25, 0.3) is 0 Å². The van der Waals surface area contributed by atoms with E-state index in [2.05, 4.69) is 68.2 Å². The molecule has 9 heteroatoms. The van der Waals surface area contributed by atoms with Crippen LogP contribution in [0.25, 0.3) is 0 Å². The second-order valence-electron chi connectivity index (χ2n) is 13.1. The fourth-order valence-corrected chi connectivity index (χ4v) is 9.60. The Hall–Kier alpha value is -3.49. The summed E-state index contributed by atoms with van der Waals surface area (Å²) in [4.78, 5) is 0. The van der Waals surface area contributed by atoms with Crippen LogP contribution in [0.1, 0.15) is 72.6 Å². The second kappa shape index (κ2) is 17.6. The summed E-state index contributed by atoms with van der Waals surface area (Å²) in [6.45, 7) is 13.2. The quantitative estimate of drug-likeness (QED) is 0.1000. The number of ether oxygens (including phenoxy) is 3. The van der Waals surface area contributed by atoms with Gasteiger partial charge in [0.1, 0.15) is 21.6 Å². The minimum absolute atomic E-state index is 0.0685. The van der Waals surface area contributed by atoms with Gasteiger partial charge in [0.2, 0.25) is 7.44 Å². The minimum atomic E-state index is -3.44. The fourth-order valence-electron chi connectivity index (χ4n) is 6.33. The van der Waals surface area contributed by atoms with Crippen LogP contribution in [0, 0.1) is 13.8 Å². The third-order valence-electron chi connectivity index (χ3n) is 8.81. The molecule has 0 aliphatic carbocycles. The third-order valence-corrected chi connectivity index (χ3v) is 12.0. The fraction of sp³-hybridized carbons (Fsp3) is 0.366. The van der Waals surface area contributed by atoms with Gasteiger partial charge >= 0.3 is 0 Å². The van der Waals surface area contributed by atoms with Gasteiger partial charge < -0.3 is 19.3 Å². The molecule has 4 aromatic rings. The second-order valence-corrected chi connectivity index (χ2v) is 16.4. The van der Waals surface area contributed by atoms with Crippen LogP contribution in [0.2, 0.25) is 0 Å². The molecule has 266 valence electrons. The molecule has 7 nitrogen and oxygen atoms in total. The van der Waals surface area contributed by atoms with Crippen molar-refractivity contribution in [3.05, 3.63) is 130 Å². The molecule has 0 amide bonds. The maximum Gasteiger partial charge on any atom is 0.249 e. The van der Waals surface area contributed by atoms with Gasteiger partial charge in [-0.15, -0.1) is 0 Å². The Morgan fingerprint density at radius 2 is 1.26 bits per heavy atom. The van der Waals surface area contributed by atoms with Crippen molar-refractivity contribution in [2.75, 3.05) is 19.6 Å². The Morgan fingerprint density at radius 3 is 1.74 bits per heavy atom. The molecule has 0 aromatic heterocycles. The van der Waals surface area contributed by atoms with Crippen molar-refractivity contribution in [3.63, 3.8) is 0 Å². The summed E-state index contributed by atoms with van der Waals surface area (Å²) < 4.78 is 34.1. The van der Waals surface area contributed by atoms with E-state index in [1.807, 2.05) is 68.4 Å². The van der Waals surface area contributed by atoms with Crippen molar-refractivity contribution in [2.45, 2.75) is 78.8 Å². The first kappa shape index (κ1) is 37.8. The van der Waals surface area contributed by atoms with Crippen molar-refractivity contribution in [1.29, 1.82) is 0 Å². The lowest BCUT2D eigenvalue weighted by atomic mass is 9.93. The molecular formula is C41H51N2O5PS. The monoisotopic (exact) mass is 714 g/mol. The lowest BCUT2D eigenvalue weighted by Crippen LogP contribution is -2.48. The highest BCUT2D eigenvalue weighted by atomic mass is 32.1. The molecule has 0 spiro atoms. The first-order valence-corrected chi connectivity index (χ1v) is 20.2. The van der Waals surface area contributed by atoms with E-state index in [1.54, 1.807) is 6.07 Å². The summed E-state index contributed by atoms with van der Waals surface area (Å²) in [6, 6.07) is 29.5. The van der Waals surface area contributed by atoms with Gasteiger partial charge in [0.15, 0.2) is 6.35 Å². The SMILES string of the molecule is CCOC1=S=C(OCC)[C@H](Cc2ccccc2)NP(=O)(COc2cc(C)c(Cc3ccc(O)c(C(C)C)c3)c(C)c2)N[C@H]1Cc1ccccc1. The molecule has 1 aliphatic rings. The van der Waals surface area contributed by atoms with Crippen LogP contribution < -0.4 is 14.9 Å². The van der Waals surface area contributed by atoms with Crippen molar-refractivity contribution >= 4 is 28.5 Å². The van der Waals surface area contributed by atoms with Gasteiger partial charge in [0.05, 0.1) is 25.3 Å². The summed E-state index contributed by atoms with van der Waals surface area (Å²) in [5, 5.41) is 18.8. The Kier molecular flexibility index (Phi) is 13.3. The molecular weight excluding hydrogens is 664 g/mol. The molecule has 1 aliphatic heterocycles. The van der Waals surface area contributed by atoms with E-state index in [9.17, 15) is 5.11 Å². The van der Waals surface area contributed by atoms with Gasteiger partial charge in [-0.05, 0) is 110 Å². The molecule has 0 unspecified atom stereocenters. The molecule has 5 rings (SSSR count). The van der Waals surface area contributed by atoms with Crippen molar-refractivity contribution in [1.82, 2.24) is 10.2 Å². The zero-order valence-corrected chi connectivity index (χ0v) is 31.8. The average molecular weight is 715 g/mol. The molecule has 0 saturated carbocycles. The first-order valence-electron chi connectivity index (χ1n) is 17.5. The van der Waals surface area contributed by atoms with E-state index in [1.165, 1.54) is 16.5 Å². The van der Waals surface area contributed by atoms with Gasteiger partial charge in [-0.25, -0.2) is 10.2 Å². The summed E-state index contributed by atoms with van der Waals surface area (Å²) >= 11 is 0. The highest BCUT2D eigenvalue weighted by Gasteiger charge is 2.36. The number of benzene rings is 4. The number of hydrogen-bond donors (Lipinski definition) is 3. The van der Waals surface area contributed by atoms with Gasteiger partial charge in [-0.2, -0.15) is 0 Å². The van der Waals surface area contributed by atoms with E-state index >= 15 is 4.57 Å². The van der Waals surface area contributed by atoms with Crippen LogP contribution in [-0.2, 0) is 33.3 Å². The predicted octanol–water partition coefficient (Wildman–Crippen LogP) is 8.73. The van der Waals surface area contributed by atoms with E-state index in [4.69, 9.17) is 14.2 Å². The largest absolute Gasteiger partial charge is 0.508 e. The standard InChI is InChI=1S/C41H51N2O5PS/c1-7-46-40-37(25-31-15-11-9-12-16-31)42-49(45,43-38(41(50-40)47-8-2)26-32-17-13-10-14-18-32)27-48-34-21-29(5)36(30(6)22-34)24-33-19-20-39(44)35(23-33)28(3)4/h9-23,28,37-38,44H,7-8,24-27H2,1-6H3,(H2,42,43,45)/t37-,38-/m0/s1. The highest BCUT2D eigenvalue weighted by Crippen LogP contribution is 2.41. The maximum absolute atomic E-state index is 15.2. The lowest BCUT2D eigenvalue weighted by molar-refractivity contribution is 0.310. The topological polar surface area (TPSA) is 89.1 Å². The molecule has 4 aromatic carbocycles. The molecule has 0 saturated heterocycles. The van der Waals surface area contributed by atoms with Crippen molar-refractivity contribution in [3.8, 4) is 11.5 Å². The van der Waals surface area contributed by atoms with E-state index in [0.29, 0.717) is 37.6 Å². The van der Waals surface area contributed by atoms with Crippen molar-refractivity contribution < 1.29 is 23.9 Å². The third kappa shape index (κ3) is 10.1. The molecule has 50 heavy (non-hydrogen) atoms. The lowest BCUT2D eigenvalue weighted by Gasteiger charge is -2.33. The van der Waals surface area contributed by atoms with Crippen LogP contribution in [0.5, 0.6) is 11.5 Å². The molecule has 1 heterocycles. The Bertz CT molecular complexity index is 1770. The predicted molar refractivity (Wildman–Crippen MR) is 209 cm³/mol. The highest BCUT2D eigenvalue weighted by molar-refractivity contribution is 7.98. The summed E-state index contributed by atoms with van der Waals surface area (Å²) in [5.74, 6) is 1.23. The van der Waals surface area contributed by atoms with Gasteiger partial charge in [-0.3, -0.25) is 4.57 Å². The molecule has 0 radical (unpaired) electrons. The van der Waals surface area contributed by atoms with E-state index in [0.717, 1.165) is 49.9 Å². The number of phenols is 1. The van der Waals surface area contributed by atoms with E-state index in [-0.39, 0.29) is 24.3 Å². The number of rotatable bonds is 12. The maximum atomic E-state index is 15.2. The summed E-state index contributed by atoms with van der Waals surface area (Å²) in [7, 11) is -1.95. The Morgan fingerprint density at radius 1 is 0.740 bits per heavy atom. The average Bonchev–Trinajstić information content (AvgIpc) is 3.09. The smallest absolute Gasteiger partial charge is 0.249 e. The molecule has 2 atom stereocenters. The van der Waals surface area contributed by atoms with Crippen molar-refractivity contribution in [2.24, 2.45) is 0 Å². The number of aromatic hydroxyl groups is 1. The number of phenolic OH excluding ortho intramolecular Hbond substituents is 1. The zero-order chi connectivity index (χ0) is 35.7. The van der Waals surface area contributed by atoms with Crippen LogP contribution in [0.15, 0.2) is 91.0 Å². The Labute approximate surface area is 301 Å². The minimum Gasteiger partial charge on any atom is -0.508 e. The molecule has 0 bridgehead atoms. The summed E-state index contributed by atoms with van der Waals surface area (Å²) in [6.07, 6.45) is 1.84. The normalized spacial score (nSPS) is 19.6. The molecule has 3 N–H and O–H groups in total. The molecule has 0 fully saturated rings. The zero-order valence-electron chi connectivity index (χ0n) is 30.1. The van der Waals surface area contributed by atoms with Crippen LogP contribution in [-0.4, -0.2) is 46.9 Å². The summed E-state index contributed by atoms with van der Waals surface area (Å²) in [5.41, 5.74) is 7.70. The van der Waals surface area contributed by atoms with Crippen LogP contribution in [0.3, 0.4) is 0 Å². The Balaban J connectivity index is 1.46. The number of aryl methyl sites for hydroxylation is 2. The number of hydrogen-bond acceptors (Lipinski definition) is 5. The van der Waals surface area contributed by atoms with Crippen LogP contribution >= 0.6 is 18.4 Å². The number of nitrogens with one attached hydrogen (secondary N) is 2. The van der Waals surface area contributed by atoms with E-state index < -0.39 is 7.44 Å².